The zero-order valence-corrected chi connectivity index (χ0v) is 12.2. The monoisotopic (exact) mass is 333 g/mol. The van der Waals surface area contributed by atoms with E-state index in [1.54, 1.807) is 10.6 Å². The smallest absolute Gasteiger partial charge is 0.440 e. The van der Waals surface area contributed by atoms with Crippen molar-refractivity contribution in [2.75, 3.05) is 0 Å². The third kappa shape index (κ3) is 2.88. The van der Waals surface area contributed by atoms with Crippen LogP contribution in [0.25, 0.3) is 0 Å². The number of halogens is 3. The van der Waals surface area contributed by atoms with Crippen LogP contribution in [0.3, 0.4) is 0 Å². The van der Waals surface area contributed by atoms with Gasteiger partial charge in [0.05, 0.1) is 12.8 Å². The average molecular weight is 333 g/mol. The Morgan fingerprint density at radius 2 is 2.09 bits per heavy atom. The molecule has 2 N–H and O–H groups in total. The number of furan rings is 1. The van der Waals surface area contributed by atoms with Gasteiger partial charge in [-0.2, -0.15) is 13.2 Å². The van der Waals surface area contributed by atoms with E-state index in [-0.39, 0.29) is 5.76 Å². The van der Waals surface area contributed by atoms with Gasteiger partial charge in [-0.1, -0.05) is 13.8 Å². The van der Waals surface area contributed by atoms with Crippen LogP contribution in [-0.2, 0) is 16.1 Å². The topological polar surface area (TPSA) is 91.7 Å². The van der Waals surface area contributed by atoms with Gasteiger partial charge in [0.1, 0.15) is 5.76 Å². The van der Waals surface area contributed by atoms with Gasteiger partial charge >= 0.3 is 12.2 Å². The van der Waals surface area contributed by atoms with Crippen LogP contribution in [-0.4, -0.2) is 34.6 Å². The standard InChI is InChI=1S/C13H14F3N3O4/c1-7(2)9(20)17-12(13(14,15)16)10(21)19(11(22)18-12)6-8-4-3-5-23-8/h3-5,7H,6H2,1-2H3,(H,17,20)(H,18,22)/t12-/m1/s1. The van der Waals surface area contributed by atoms with Gasteiger partial charge in [0.2, 0.25) is 5.91 Å². The van der Waals surface area contributed by atoms with Crippen molar-refractivity contribution in [1.29, 1.82) is 0 Å². The lowest BCUT2D eigenvalue weighted by Gasteiger charge is -2.30. The predicted molar refractivity (Wildman–Crippen MR) is 69.6 cm³/mol. The third-order valence-corrected chi connectivity index (χ3v) is 3.26. The number of hydrogen-bond acceptors (Lipinski definition) is 4. The Labute approximate surface area is 128 Å². The van der Waals surface area contributed by atoms with Crippen molar-refractivity contribution in [3.05, 3.63) is 24.2 Å². The van der Waals surface area contributed by atoms with Gasteiger partial charge in [0, 0.05) is 5.92 Å². The van der Waals surface area contributed by atoms with Crippen LogP contribution in [0.15, 0.2) is 22.8 Å². The molecule has 1 fully saturated rings. The minimum absolute atomic E-state index is 0.127. The van der Waals surface area contributed by atoms with E-state index < -0.39 is 42.1 Å². The molecule has 0 aliphatic carbocycles. The lowest BCUT2D eigenvalue weighted by Crippen LogP contribution is -2.70. The van der Waals surface area contributed by atoms with Gasteiger partial charge in [0.25, 0.3) is 11.6 Å². The molecule has 0 radical (unpaired) electrons. The maximum atomic E-state index is 13.4. The number of imide groups is 1. The fraction of sp³-hybridized carbons (Fsp3) is 0.462. The number of urea groups is 1. The van der Waals surface area contributed by atoms with Crippen molar-refractivity contribution in [2.45, 2.75) is 32.2 Å². The van der Waals surface area contributed by atoms with Crippen LogP contribution in [0.2, 0.25) is 0 Å². The third-order valence-electron chi connectivity index (χ3n) is 3.26. The van der Waals surface area contributed by atoms with Crippen molar-refractivity contribution in [3.63, 3.8) is 0 Å². The molecule has 1 saturated heterocycles. The summed E-state index contributed by atoms with van der Waals surface area (Å²) in [5.41, 5.74) is -3.47. The van der Waals surface area contributed by atoms with Crippen LogP contribution in [0.1, 0.15) is 19.6 Å². The van der Waals surface area contributed by atoms with E-state index in [1.165, 1.54) is 32.2 Å². The zero-order valence-electron chi connectivity index (χ0n) is 12.2. The van der Waals surface area contributed by atoms with Gasteiger partial charge in [-0.15, -0.1) is 0 Å². The molecule has 2 rings (SSSR count). The molecule has 0 spiro atoms. The first-order chi connectivity index (χ1) is 10.6. The van der Waals surface area contributed by atoms with E-state index >= 15 is 0 Å². The molecule has 0 aromatic carbocycles. The Bertz CT molecular complexity index is 627. The summed E-state index contributed by atoms with van der Waals surface area (Å²) in [6.45, 7) is 2.25. The van der Waals surface area contributed by atoms with E-state index in [4.69, 9.17) is 4.42 Å². The number of carbonyl (C=O) groups is 3. The number of hydrogen-bond donors (Lipinski definition) is 2. The minimum atomic E-state index is -5.21. The highest BCUT2D eigenvalue weighted by Gasteiger charge is 2.68. The highest BCUT2D eigenvalue weighted by Crippen LogP contribution is 2.34. The number of carbonyl (C=O) groups excluding carboxylic acids is 3. The van der Waals surface area contributed by atoms with Crippen LogP contribution in [0.4, 0.5) is 18.0 Å². The molecule has 126 valence electrons. The number of alkyl halides is 3. The summed E-state index contributed by atoms with van der Waals surface area (Å²) >= 11 is 0. The molecule has 1 aromatic rings. The molecule has 1 atom stereocenters. The fourth-order valence-electron chi connectivity index (χ4n) is 1.95. The Morgan fingerprint density at radius 1 is 1.43 bits per heavy atom. The first-order valence-corrected chi connectivity index (χ1v) is 6.63. The molecule has 1 aliphatic rings. The van der Waals surface area contributed by atoms with E-state index in [0.29, 0.717) is 4.90 Å². The van der Waals surface area contributed by atoms with E-state index in [0.717, 1.165) is 0 Å². The minimum Gasteiger partial charge on any atom is -0.467 e. The molecule has 4 amide bonds. The predicted octanol–water partition coefficient (Wildman–Crippen LogP) is 1.36. The summed E-state index contributed by atoms with van der Waals surface area (Å²) in [5.74, 6) is -3.31. The Balaban J connectivity index is 2.34. The van der Waals surface area contributed by atoms with Crippen molar-refractivity contribution >= 4 is 17.8 Å². The highest BCUT2D eigenvalue weighted by atomic mass is 19.4. The van der Waals surface area contributed by atoms with Gasteiger partial charge in [-0.3, -0.25) is 19.8 Å². The van der Waals surface area contributed by atoms with Gasteiger partial charge < -0.3 is 9.73 Å². The van der Waals surface area contributed by atoms with E-state index in [2.05, 4.69) is 0 Å². The number of nitrogens with one attached hydrogen (secondary N) is 2. The summed E-state index contributed by atoms with van der Waals surface area (Å²) in [6.07, 6.45) is -3.95. The molecular formula is C13H14F3N3O4. The van der Waals surface area contributed by atoms with Crippen LogP contribution in [0, 0.1) is 5.92 Å². The summed E-state index contributed by atoms with van der Waals surface area (Å²) in [7, 11) is 0. The Morgan fingerprint density at radius 3 is 2.57 bits per heavy atom. The molecule has 1 aromatic heterocycles. The van der Waals surface area contributed by atoms with Crippen molar-refractivity contribution < 1.29 is 32.0 Å². The quantitative estimate of drug-likeness (QED) is 0.814. The molecule has 23 heavy (non-hydrogen) atoms. The van der Waals surface area contributed by atoms with Gasteiger partial charge in [-0.25, -0.2) is 4.79 Å². The normalized spacial score (nSPS) is 21.7. The van der Waals surface area contributed by atoms with Crippen LogP contribution >= 0.6 is 0 Å². The molecule has 0 bridgehead atoms. The summed E-state index contributed by atoms with van der Waals surface area (Å²) in [6, 6.07) is 1.60. The first-order valence-electron chi connectivity index (χ1n) is 6.63. The maximum Gasteiger partial charge on any atom is 0.440 e. The van der Waals surface area contributed by atoms with Crippen molar-refractivity contribution in [1.82, 2.24) is 15.5 Å². The Hall–Kier alpha value is -2.52. The number of nitrogens with zero attached hydrogens (tertiary/aromatic N) is 1. The summed E-state index contributed by atoms with van der Waals surface area (Å²) in [4.78, 5) is 36.1. The average Bonchev–Trinajstić information content (AvgIpc) is 3.01. The number of rotatable bonds is 4. The van der Waals surface area contributed by atoms with Crippen molar-refractivity contribution in [3.8, 4) is 0 Å². The Kier molecular flexibility index (Phi) is 4.10. The first kappa shape index (κ1) is 16.8. The number of amides is 4. The second kappa shape index (κ2) is 5.60. The molecule has 7 nitrogen and oxygen atoms in total. The molecule has 2 heterocycles. The lowest BCUT2D eigenvalue weighted by molar-refractivity contribution is -0.204. The van der Waals surface area contributed by atoms with Crippen LogP contribution in [0.5, 0.6) is 0 Å². The molecule has 10 heteroatoms. The fourth-order valence-corrected chi connectivity index (χ4v) is 1.95. The molecule has 0 saturated carbocycles. The maximum absolute atomic E-state index is 13.4. The van der Waals surface area contributed by atoms with Crippen LogP contribution < -0.4 is 10.6 Å². The van der Waals surface area contributed by atoms with E-state index in [9.17, 15) is 27.6 Å². The SMILES string of the molecule is CC(C)C(=O)N[C@@]1(C(F)(F)F)NC(=O)N(Cc2ccco2)C1=O. The van der Waals surface area contributed by atoms with Gasteiger partial charge in [-0.05, 0) is 12.1 Å². The van der Waals surface area contributed by atoms with Crippen molar-refractivity contribution in [2.24, 2.45) is 5.92 Å². The second-order valence-electron chi connectivity index (χ2n) is 5.29. The highest BCUT2D eigenvalue weighted by molar-refractivity contribution is 6.08. The molecular weight excluding hydrogens is 319 g/mol. The summed E-state index contributed by atoms with van der Waals surface area (Å²) in [5, 5.41) is 3.15. The van der Waals surface area contributed by atoms with E-state index in [1.807, 2.05) is 0 Å². The zero-order chi connectivity index (χ0) is 17.4. The van der Waals surface area contributed by atoms with Gasteiger partial charge in [0.15, 0.2) is 0 Å². The molecule has 0 unspecified atom stereocenters. The lowest BCUT2D eigenvalue weighted by atomic mass is 10.1. The molecule has 1 aliphatic heterocycles. The second-order valence-corrected chi connectivity index (χ2v) is 5.29. The largest absolute Gasteiger partial charge is 0.467 e. The summed E-state index contributed by atoms with van der Waals surface area (Å²) < 4.78 is 45.2.